The Labute approximate surface area is 132 Å². The van der Waals surface area contributed by atoms with Gasteiger partial charge in [-0.2, -0.15) is 0 Å². The van der Waals surface area contributed by atoms with E-state index in [1.807, 2.05) is 0 Å². The molecule has 1 N–H and O–H groups in total. The van der Waals surface area contributed by atoms with Gasteiger partial charge in [0, 0.05) is 6.07 Å². The van der Waals surface area contributed by atoms with E-state index in [4.69, 9.17) is 0 Å². The Kier molecular flexibility index (Phi) is 4.65. The average molecular weight is 341 g/mol. The van der Waals surface area contributed by atoms with Gasteiger partial charge in [-0.05, 0) is 30.7 Å². The van der Waals surface area contributed by atoms with Crippen LogP contribution < -0.4 is 4.72 Å². The van der Waals surface area contributed by atoms with E-state index < -0.39 is 38.9 Å². The molecule has 0 saturated heterocycles. The van der Waals surface area contributed by atoms with Crippen molar-refractivity contribution in [3.63, 3.8) is 0 Å². The molecule has 2 rings (SSSR count). The summed E-state index contributed by atoms with van der Waals surface area (Å²) in [5.41, 5.74) is -0.133. The highest BCUT2D eigenvalue weighted by Gasteiger charge is 2.22. The summed E-state index contributed by atoms with van der Waals surface area (Å²) >= 11 is 0. The fraction of sp³-hybridized carbons (Fsp3) is 0.133. The molecule has 0 aliphatic heterocycles. The van der Waals surface area contributed by atoms with Gasteiger partial charge in [0.15, 0.2) is 11.6 Å². The lowest BCUT2D eigenvalue weighted by Crippen LogP contribution is -2.17. The van der Waals surface area contributed by atoms with E-state index in [1.54, 1.807) is 13.0 Å². The van der Waals surface area contributed by atoms with Crippen LogP contribution >= 0.6 is 0 Å². The van der Waals surface area contributed by atoms with Crippen molar-refractivity contribution in [2.45, 2.75) is 11.8 Å². The molecule has 0 aliphatic carbocycles. The van der Waals surface area contributed by atoms with E-state index in [9.17, 15) is 22.0 Å². The highest BCUT2D eigenvalue weighted by Crippen LogP contribution is 2.24. The van der Waals surface area contributed by atoms with Crippen molar-refractivity contribution in [1.29, 1.82) is 0 Å². The van der Waals surface area contributed by atoms with Crippen molar-refractivity contribution in [1.82, 2.24) is 0 Å². The van der Waals surface area contributed by atoms with E-state index in [-0.39, 0.29) is 4.90 Å². The molecule has 0 spiro atoms. The Morgan fingerprint density at radius 3 is 2.39 bits per heavy atom. The molecule has 0 fully saturated rings. The van der Waals surface area contributed by atoms with Crippen LogP contribution in [0, 0.1) is 18.6 Å². The monoisotopic (exact) mass is 341 g/mol. The van der Waals surface area contributed by atoms with Gasteiger partial charge in [0.1, 0.15) is 0 Å². The van der Waals surface area contributed by atoms with Crippen LogP contribution in [0.2, 0.25) is 0 Å². The Balaban J connectivity index is 2.50. The molecule has 0 bridgehead atoms. The number of esters is 1. The SMILES string of the molecule is COC(=O)c1cc(F)c(F)cc1NS(=O)(=O)c1cccc(C)c1. The summed E-state index contributed by atoms with van der Waals surface area (Å²) in [4.78, 5) is 11.6. The van der Waals surface area contributed by atoms with Crippen LogP contribution in [-0.4, -0.2) is 21.5 Å². The highest BCUT2D eigenvalue weighted by atomic mass is 32.2. The van der Waals surface area contributed by atoms with Crippen molar-refractivity contribution in [2.24, 2.45) is 0 Å². The predicted molar refractivity (Wildman–Crippen MR) is 79.7 cm³/mol. The fourth-order valence-electron chi connectivity index (χ4n) is 1.90. The minimum Gasteiger partial charge on any atom is -0.465 e. The topological polar surface area (TPSA) is 72.5 Å². The van der Waals surface area contributed by atoms with E-state index in [0.717, 1.165) is 7.11 Å². The van der Waals surface area contributed by atoms with Crippen LogP contribution in [0.4, 0.5) is 14.5 Å². The summed E-state index contributed by atoms with van der Waals surface area (Å²) in [6, 6.07) is 7.16. The molecule has 0 radical (unpaired) electrons. The van der Waals surface area contributed by atoms with Crippen molar-refractivity contribution < 1.29 is 26.7 Å². The first-order valence-electron chi connectivity index (χ1n) is 6.41. The largest absolute Gasteiger partial charge is 0.465 e. The first kappa shape index (κ1) is 16.9. The Hall–Kier alpha value is -2.48. The summed E-state index contributed by atoms with van der Waals surface area (Å²) in [6.07, 6.45) is 0. The quantitative estimate of drug-likeness (QED) is 0.868. The number of halogens is 2. The normalized spacial score (nSPS) is 11.1. The summed E-state index contributed by atoms with van der Waals surface area (Å²) in [6.45, 7) is 1.70. The third-order valence-corrected chi connectivity index (χ3v) is 4.37. The van der Waals surface area contributed by atoms with Gasteiger partial charge >= 0.3 is 5.97 Å². The second kappa shape index (κ2) is 6.33. The minimum absolute atomic E-state index is 0.0713. The van der Waals surface area contributed by atoms with Crippen molar-refractivity contribution in [3.05, 3.63) is 59.2 Å². The molecular weight excluding hydrogens is 328 g/mol. The van der Waals surface area contributed by atoms with Crippen LogP contribution in [0.1, 0.15) is 15.9 Å². The average Bonchev–Trinajstić information content (AvgIpc) is 2.49. The molecule has 0 atom stereocenters. The number of sulfonamides is 1. The van der Waals surface area contributed by atoms with E-state index >= 15 is 0 Å². The second-order valence-corrected chi connectivity index (χ2v) is 6.41. The van der Waals surface area contributed by atoms with Crippen LogP contribution in [0.25, 0.3) is 0 Å². The lowest BCUT2D eigenvalue weighted by molar-refractivity contribution is 0.0601. The molecule has 0 aromatic heterocycles. The second-order valence-electron chi connectivity index (χ2n) is 4.73. The van der Waals surface area contributed by atoms with Crippen LogP contribution in [0.5, 0.6) is 0 Å². The fourth-order valence-corrected chi connectivity index (χ4v) is 3.07. The molecule has 0 amide bonds. The predicted octanol–water partition coefficient (Wildman–Crippen LogP) is 2.86. The van der Waals surface area contributed by atoms with Gasteiger partial charge in [-0.15, -0.1) is 0 Å². The van der Waals surface area contributed by atoms with Gasteiger partial charge in [0.2, 0.25) is 0 Å². The third-order valence-electron chi connectivity index (χ3n) is 3.01. The zero-order valence-electron chi connectivity index (χ0n) is 12.3. The third kappa shape index (κ3) is 3.65. The molecule has 0 aliphatic rings. The van der Waals surface area contributed by atoms with Crippen molar-refractivity contribution in [3.8, 4) is 0 Å². The Morgan fingerprint density at radius 2 is 1.78 bits per heavy atom. The van der Waals surface area contributed by atoms with E-state index in [1.165, 1.54) is 18.2 Å². The number of carbonyl (C=O) groups excluding carboxylic acids is 1. The highest BCUT2D eigenvalue weighted by molar-refractivity contribution is 7.92. The van der Waals surface area contributed by atoms with Crippen molar-refractivity contribution in [2.75, 3.05) is 11.8 Å². The summed E-state index contributed by atoms with van der Waals surface area (Å²) < 4.78 is 57.9. The maximum atomic E-state index is 13.4. The molecule has 8 heteroatoms. The molecule has 122 valence electrons. The van der Waals surface area contributed by atoms with Crippen LogP contribution in [0.15, 0.2) is 41.3 Å². The number of benzene rings is 2. The Morgan fingerprint density at radius 1 is 1.13 bits per heavy atom. The first-order valence-corrected chi connectivity index (χ1v) is 7.90. The smallest absolute Gasteiger partial charge is 0.340 e. The lowest BCUT2D eigenvalue weighted by Gasteiger charge is -2.12. The maximum Gasteiger partial charge on any atom is 0.340 e. The minimum atomic E-state index is -4.08. The molecule has 0 unspecified atom stereocenters. The summed E-state index contributed by atoms with van der Waals surface area (Å²) in [5.74, 6) is -3.57. The number of anilines is 1. The number of aryl methyl sites for hydroxylation is 1. The van der Waals surface area contributed by atoms with Gasteiger partial charge in [-0.1, -0.05) is 12.1 Å². The molecule has 0 heterocycles. The Bertz CT molecular complexity index is 866. The lowest BCUT2D eigenvalue weighted by atomic mass is 10.2. The summed E-state index contributed by atoms with van der Waals surface area (Å²) in [5, 5.41) is 0. The molecule has 2 aromatic rings. The molecular formula is C15H13F2NO4S. The van der Waals surface area contributed by atoms with Crippen LogP contribution in [-0.2, 0) is 14.8 Å². The number of hydrogen-bond acceptors (Lipinski definition) is 4. The van der Waals surface area contributed by atoms with Crippen molar-refractivity contribution >= 4 is 21.7 Å². The number of nitrogens with one attached hydrogen (secondary N) is 1. The van der Waals surface area contributed by atoms with E-state index in [2.05, 4.69) is 9.46 Å². The van der Waals surface area contributed by atoms with E-state index in [0.29, 0.717) is 17.7 Å². The number of hydrogen-bond donors (Lipinski definition) is 1. The van der Waals surface area contributed by atoms with Gasteiger partial charge in [-0.25, -0.2) is 22.0 Å². The standard InChI is InChI=1S/C15H13F2NO4S/c1-9-4-3-5-10(6-9)23(20,21)18-14-8-13(17)12(16)7-11(14)15(19)22-2/h3-8,18H,1-2H3. The molecule has 23 heavy (non-hydrogen) atoms. The number of rotatable bonds is 4. The number of carbonyl (C=O) groups is 1. The van der Waals surface area contributed by atoms with Gasteiger partial charge in [0.25, 0.3) is 10.0 Å². The van der Waals surface area contributed by atoms with Crippen LogP contribution in [0.3, 0.4) is 0 Å². The molecule has 0 saturated carbocycles. The summed E-state index contributed by atoms with van der Waals surface area (Å²) in [7, 11) is -3.03. The molecule has 5 nitrogen and oxygen atoms in total. The maximum absolute atomic E-state index is 13.4. The zero-order chi connectivity index (χ0) is 17.2. The van der Waals surface area contributed by atoms with Gasteiger partial charge in [-0.3, -0.25) is 4.72 Å². The number of ether oxygens (including phenoxy) is 1. The van der Waals surface area contributed by atoms with Gasteiger partial charge in [0.05, 0.1) is 23.3 Å². The molecule has 2 aromatic carbocycles. The number of methoxy groups -OCH3 is 1. The zero-order valence-corrected chi connectivity index (χ0v) is 13.1. The first-order chi connectivity index (χ1) is 10.7. The van der Waals surface area contributed by atoms with Gasteiger partial charge < -0.3 is 4.74 Å².